The molecule has 0 bridgehead atoms. The highest BCUT2D eigenvalue weighted by Gasteiger charge is 2.08. The van der Waals surface area contributed by atoms with E-state index in [0.29, 0.717) is 13.2 Å². The summed E-state index contributed by atoms with van der Waals surface area (Å²) in [5.74, 6) is 1.70. The predicted molar refractivity (Wildman–Crippen MR) is 124 cm³/mol. The van der Waals surface area contributed by atoms with Gasteiger partial charge < -0.3 is 19.5 Å². The largest absolute Gasteiger partial charge is 0.492 e. The molecule has 6 nitrogen and oxygen atoms in total. The van der Waals surface area contributed by atoms with Gasteiger partial charge in [0.15, 0.2) is 5.96 Å². The maximum Gasteiger partial charge on any atom is 0.193 e. The first-order chi connectivity index (χ1) is 13.3. The summed E-state index contributed by atoms with van der Waals surface area (Å²) < 4.78 is 7.78. The van der Waals surface area contributed by atoms with Gasteiger partial charge in [-0.15, -0.1) is 24.0 Å². The molecule has 28 heavy (non-hydrogen) atoms. The number of aliphatic imine (C=N–C) groups is 1. The standard InChI is InChI=1S/C21H25N5O.HI/c1-22-21(25(2)14-15-27-19-9-4-3-5-10-19)24-16-18-8-6-7-11-20(18)26-13-12-23-17-26;/h3-13,17H,14-16H2,1-2H3,(H,22,24);1H. The molecule has 0 aliphatic carbocycles. The molecule has 0 aliphatic heterocycles. The van der Waals surface area contributed by atoms with E-state index in [9.17, 15) is 0 Å². The lowest BCUT2D eigenvalue weighted by atomic mass is 10.1. The van der Waals surface area contributed by atoms with Crippen molar-refractivity contribution in [3.63, 3.8) is 0 Å². The van der Waals surface area contributed by atoms with Crippen LogP contribution in [0.2, 0.25) is 0 Å². The second kappa shape index (κ2) is 11.3. The molecule has 1 aromatic heterocycles. The highest BCUT2D eigenvalue weighted by Crippen LogP contribution is 2.14. The molecule has 0 aliphatic rings. The first kappa shape index (κ1) is 21.7. The predicted octanol–water partition coefficient (Wildman–Crippen LogP) is 3.58. The Morgan fingerprint density at radius 1 is 1.14 bits per heavy atom. The van der Waals surface area contributed by atoms with Crippen LogP contribution in [0.3, 0.4) is 0 Å². The molecule has 3 rings (SSSR count). The van der Waals surface area contributed by atoms with Gasteiger partial charge in [0.25, 0.3) is 0 Å². The molecule has 1 heterocycles. The van der Waals surface area contributed by atoms with E-state index in [4.69, 9.17) is 4.74 Å². The van der Waals surface area contributed by atoms with E-state index in [-0.39, 0.29) is 24.0 Å². The van der Waals surface area contributed by atoms with Crippen molar-refractivity contribution in [2.24, 2.45) is 4.99 Å². The second-order valence-corrected chi connectivity index (χ2v) is 6.08. The van der Waals surface area contributed by atoms with Gasteiger partial charge in [0.1, 0.15) is 12.4 Å². The molecule has 1 N–H and O–H groups in total. The number of imidazole rings is 1. The van der Waals surface area contributed by atoms with Crippen molar-refractivity contribution < 1.29 is 4.74 Å². The Labute approximate surface area is 183 Å². The zero-order chi connectivity index (χ0) is 18.9. The van der Waals surface area contributed by atoms with E-state index >= 15 is 0 Å². The van der Waals surface area contributed by atoms with Gasteiger partial charge >= 0.3 is 0 Å². The number of para-hydroxylation sites is 2. The molecular formula is C21H26IN5O. The monoisotopic (exact) mass is 491 g/mol. The van der Waals surface area contributed by atoms with Crippen molar-refractivity contribution >= 4 is 29.9 Å². The first-order valence-corrected chi connectivity index (χ1v) is 8.94. The number of rotatable bonds is 7. The van der Waals surface area contributed by atoms with Gasteiger partial charge in [-0.2, -0.15) is 0 Å². The van der Waals surface area contributed by atoms with Crippen LogP contribution < -0.4 is 10.1 Å². The van der Waals surface area contributed by atoms with Crippen molar-refractivity contribution in [1.29, 1.82) is 0 Å². The molecule has 0 saturated heterocycles. The Morgan fingerprint density at radius 3 is 2.61 bits per heavy atom. The minimum atomic E-state index is 0. The number of benzene rings is 2. The lowest BCUT2D eigenvalue weighted by molar-refractivity contribution is 0.281. The van der Waals surface area contributed by atoms with Gasteiger partial charge in [-0.3, -0.25) is 4.99 Å². The molecular weight excluding hydrogens is 465 g/mol. The van der Waals surface area contributed by atoms with E-state index in [0.717, 1.165) is 23.9 Å². The van der Waals surface area contributed by atoms with Gasteiger partial charge in [0.05, 0.1) is 18.6 Å². The lowest BCUT2D eigenvalue weighted by Crippen LogP contribution is -2.40. The minimum absolute atomic E-state index is 0. The Balaban J connectivity index is 0.00000280. The van der Waals surface area contributed by atoms with Crippen molar-refractivity contribution in [2.75, 3.05) is 27.2 Å². The van der Waals surface area contributed by atoms with E-state index in [1.165, 1.54) is 5.56 Å². The fraction of sp³-hybridized carbons (Fsp3) is 0.238. The van der Waals surface area contributed by atoms with Crippen LogP contribution in [0.4, 0.5) is 0 Å². The van der Waals surface area contributed by atoms with Crippen LogP contribution in [0.25, 0.3) is 5.69 Å². The van der Waals surface area contributed by atoms with Crippen molar-refractivity contribution in [3.8, 4) is 11.4 Å². The summed E-state index contributed by atoms with van der Waals surface area (Å²) in [6.45, 7) is 2.00. The maximum absolute atomic E-state index is 5.77. The molecule has 0 saturated carbocycles. The van der Waals surface area contributed by atoms with Crippen molar-refractivity contribution in [3.05, 3.63) is 78.9 Å². The maximum atomic E-state index is 5.77. The first-order valence-electron chi connectivity index (χ1n) is 8.94. The van der Waals surface area contributed by atoms with Gasteiger partial charge in [0, 0.05) is 33.0 Å². The molecule has 0 atom stereocenters. The number of guanidine groups is 1. The number of hydrogen-bond donors (Lipinski definition) is 1. The number of hydrogen-bond acceptors (Lipinski definition) is 3. The molecule has 148 valence electrons. The van der Waals surface area contributed by atoms with E-state index in [1.807, 2.05) is 60.3 Å². The number of likely N-dealkylation sites (N-methyl/N-ethyl adjacent to an activating group) is 1. The molecule has 3 aromatic rings. The van der Waals surface area contributed by atoms with Crippen LogP contribution in [-0.2, 0) is 6.54 Å². The summed E-state index contributed by atoms with van der Waals surface area (Å²) in [7, 11) is 3.80. The SMILES string of the molecule is CN=C(NCc1ccccc1-n1ccnc1)N(C)CCOc1ccccc1.I. The van der Waals surface area contributed by atoms with Gasteiger partial charge in [0.2, 0.25) is 0 Å². The van der Waals surface area contributed by atoms with Crippen molar-refractivity contribution in [1.82, 2.24) is 19.8 Å². The minimum Gasteiger partial charge on any atom is -0.492 e. The number of nitrogens with zero attached hydrogens (tertiary/aromatic N) is 4. The molecule has 2 aromatic carbocycles. The summed E-state index contributed by atoms with van der Waals surface area (Å²) in [5.41, 5.74) is 2.28. The highest BCUT2D eigenvalue weighted by molar-refractivity contribution is 14.0. The molecule has 7 heteroatoms. The fourth-order valence-corrected chi connectivity index (χ4v) is 2.80. The van der Waals surface area contributed by atoms with Crippen LogP contribution in [-0.4, -0.2) is 47.7 Å². The van der Waals surface area contributed by atoms with Crippen LogP contribution >= 0.6 is 24.0 Å². The fourth-order valence-electron chi connectivity index (χ4n) is 2.80. The third-order valence-electron chi connectivity index (χ3n) is 4.22. The van der Waals surface area contributed by atoms with Gasteiger partial charge in [-0.25, -0.2) is 4.98 Å². The molecule has 0 spiro atoms. The Morgan fingerprint density at radius 2 is 1.89 bits per heavy atom. The second-order valence-electron chi connectivity index (χ2n) is 6.08. The molecule has 0 unspecified atom stereocenters. The number of nitrogens with one attached hydrogen (secondary N) is 1. The van der Waals surface area contributed by atoms with Crippen LogP contribution in [0.15, 0.2) is 78.3 Å². The topological polar surface area (TPSA) is 54.7 Å². The average Bonchev–Trinajstić information content (AvgIpc) is 3.24. The van der Waals surface area contributed by atoms with Crippen LogP contribution in [0.1, 0.15) is 5.56 Å². The zero-order valence-electron chi connectivity index (χ0n) is 16.2. The Kier molecular flexibility index (Phi) is 8.80. The third-order valence-corrected chi connectivity index (χ3v) is 4.22. The molecule has 0 fully saturated rings. The average molecular weight is 491 g/mol. The van der Waals surface area contributed by atoms with E-state index < -0.39 is 0 Å². The Hall–Kier alpha value is -2.55. The Bertz CT molecular complexity index is 852. The number of ether oxygens (including phenoxy) is 1. The smallest absolute Gasteiger partial charge is 0.193 e. The summed E-state index contributed by atoms with van der Waals surface area (Å²) in [6.07, 6.45) is 5.53. The van der Waals surface area contributed by atoms with E-state index in [1.54, 1.807) is 19.6 Å². The van der Waals surface area contributed by atoms with Gasteiger partial charge in [-0.05, 0) is 23.8 Å². The summed E-state index contributed by atoms with van der Waals surface area (Å²) in [4.78, 5) is 10.6. The lowest BCUT2D eigenvalue weighted by Gasteiger charge is -2.22. The van der Waals surface area contributed by atoms with Crippen LogP contribution in [0.5, 0.6) is 5.75 Å². The van der Waals surface area contributed by atoms with Gasteiger partial charge in [-0.1, -0.05) is 36.4 Å². The molecule has 0 radical (unpaired) electrons. The van der Waals surface area contributed by atoms with Crippen molar-refractivity contribution in [2.45, 2.75) is 6.54 Å². The summed E-state index contributed by atoms with van der Waals surface area (Å²) in [6, 6.07) is 18.1. The summed E-state index contributed by atoms with van der Waals surface area (Å²) in [5, 5.41) is 3.42. The summed E-state index contributed by atoms with van der Waals surface area (Å²) >= 11 is 0. The van der Waals surface area contributed by atoms with Crippen LogP contribution in [0, 0.1) is 0 Å². The third kappa shape index (κ3) is 5.98. The highest BCUT2D eigenvalue weighted by atomic mass is 127. The molecule has 0 amide bonds. The van der Waals surface area contributed by atoms with E-state index in [2.05, 4.69) is 32.3 Å². The quantitative estimate of drug-likeness (QED) is 0.312. The number of halogens is 1. The zero-order valence-corrected chi connectivity index (χ0v) is 18.5. The normalized spacial score (nSPS) is 10.9. The number of aromatic nitrogens is 2.